The van der Waals surface area contributed by atoms with Crippen molar-refractivity contribution in [3.8, 4) is 5.75 Å². The summed E-state index contributed by atoms with van der Waals surface area (Å²) in [5.74, 6) is 0.275. The Hall–Kier alpha value is -3.19. The Morgan fingerprint density at radius 3 is 2.38 bits per heavy atom. The number of piperazine rings is 1. The van der Waals surface area contributed by atoms with E-state index in [1.54, 1.807) is 25.3 Å². The van der Waals surface area contributed by atoms with Gasteiger partial charge in [0.25, 0.3) is 0 Å². The van der Waals surface area contributed by atoms with E-state index in [4.69, 9.17) is 4.74 Å². The van der Waals surface area contributed by atoms with E-state index >= 15 is 0 Å². The molecule has 0 spiro atoms. The minimum absolute atomic E-state index is 0.0485. The summed E-state index contributed by atoms with van der Waals surface area (Å²) in [5.41, 5.74) is 1.92. The van der Waals surface area contributed by atoms with Crippen LogP contribution >= 0.6 is 0 Å². The maximum Gasteiger partial charge on any atom is 0.236 e. The van der Waals surface area contributed by atoms with Gasteiger partial charge in [-0.25, -0.2) is 4.39 Å². The standard InChI is InChI=1S/C25H30FN3O3/c1-4-11-27(17-20-5-8-22(32-3)9-6-20)18-25(31)29-14-12-28(13-15-29)24-10-7-21(19(2)30)16-23(24)26/h4-10,16H,1,11-15,17-18H2,2-3H3. The van der Waals surface area contributed by atoms with Crippen molar-refractivity contribution in [1.29, 1.82) is 0 Å². The Morgan fingerprint density at radius 2 is 1.81 bits per heavy atom. The maximum atomic E-state index is 14.5. The van der Waals surface area contributed by atoms with Crippen LogP contribution in [0.4, 0.5) is 10.1 Å². The molecule has 0 aromatic heterocycles. The number of hydrogen-bond acceptors (Lipinski definition) is 5. The van der Waals surface area contributed by atoms with Gasteiger partial charge in [0.05, 0.1) is 19.3 Å². The highest BCUT2D eigenvalue weighted by atomic mass is 19.1. The highest BCUT2D eigenvalue weighted by molar-refractivity contribution is 5.94. The van der Waals surface area contributed by atoms with E-state index in [1.807, 2.05) is 39.0 Å². The first-order valence-electron chi connectivity index (χ1n) is 10.7. The van der Waals surface area contributed by atoms with Crippen LogP contribution < -0.4 is 9.64 Å². The third-order valence-electron chi connectivity index (χ3n) is 5.64. The van der Waals surface area contributed by atoms with Crippen LogP contribution in [-0.4, -0.2) is 67.9 Å². The normalized spacial score (nSPS) is 13.9. The molecule has 1 saturated heterocycles. The number of carbonyl (C=O) groups excluding carboxylic acids is 2. The van der Waals surface area contributed by atoms with Crippen LogP contribution in [0, 0.1) is 5.82 Å². The van der Waals surface area contributed by atoms with E-state index in [0.717, 1.165) is 11.3 Å². The van der Waals surface area contributed by atoms with Crippen LogP contribution in [0.3, 0.4) is 0 Å². The van der Waals surface area contributed by atoms with Gasteiger partial charge in [0.15, 0.2) is 5.78 Å². The van der Waals surface area contributed by atoms with Gasteiger partial charge in [-0.15, -0.1) is 6.58 Å². The van der Waals surface area contributed by atoms with E-state index in [9.17, 15) is 14.0 Å². The van der Waals surface area contributed by atoms with Gasteiger partial charge in [-0.2, -0.15) is 0 Å². The second-order valence-corrected chi connectivity index (χ2v) is 7.90. The molecule has 7 heteroatoms. The number of halogens is 1. The largest absolute Gasteiger partial charge is 0.497 e. The molecular weight excluding hydrogens is 409 g/mol. The first-order chi connectivity index (χ1) is 15.4. The fourth-order valence-electron chi connectivity index (χ4n) is 3.83. The molecule has 32 heavy (non-hydrogen) atoms. The highest BCUT2D eigenvalue weighted by Crippen LogP contribution is 2.22. The fourth-order valence-corrected chi connectivity index (χ4v) is 3.83. The van der Waals surface area contributed by atoms with Crippen molar-refractivity contribution in [3.05, 3.63) is 72.1 Å². The number of nitrogens with zero attached hydrogens (tertiary/aromatic N) is 3. The lowest BCUT2D eigenvalue weighted by molar-refractivity contribution is -0.132. The summed E-state index contributed by atoms with van der Waals surface area (Å²) in [4.78, 5) is 30.1. The van der Waals surface area contributed by atoms with Crippen molar-refractivity contribution < 1.29 is 18.7 Å². The zero-order valence-corrected chi connectivity index (χ0v) is 18.7. The van der Waals surface area contributed by atoms with Crippen molar-refractivity contribution in [2.75, 3.05) is 51.3 Å². The highest BCUT2D eigenvalue weighted by Gasteiger charge is 2.24. The summed E-state index contributed by atoms with van der Waals surface area (Å²) in [5, 5.41) is 0. The summed E-state index contributed by atoms with van der Waals surface area (Å²) in [7, 11) is 1.63. The van der Waals surface area contributed by atoms with Crippen LogP contribution in [0.2, 0.25) is 0 Å². The number of rotatable bonds is 9. The average Bonchev–Trinajstić information content (AvgIpc) is 2.79. The third kappa shape index (κ3) is 5.95. The second kappa shape index (κ2) is 10.9. The molecule has 3 rings (SSSR count). The van der Waals surface area contributed by atoms with Crippen molar-refractivity contribution in [2.24, 2.45) is 0 Å². The van der Waals surface area contributed by atoms with E-state index in [0.29, 0.717) is 57.1 Å². The smallest absolute Gasteiger partial charge is 0.236 e. The molecule has 0 bridgehead atoms. The summed E-state index contributed by atoms with van der Waals surface area (Å²) in [6.07, 6.45) is 1.79. The minimum atomic E-state index is -0.408. The Kier molecular flexibility index (Phi) is 8.00. The predicted molar refractivity (Wildman–Crippen MR) is 124 cm³/mol. The second-order valence-electron chi connectivity index (χ2n) is 7.90. The van der Waals surface area contributed by atoms with Gasteiger partial charge in [-0.1, -0.05) is 18.2 Å². The molecule has 2 aromatic carbocycles. The van der Waals surface area contributed by atoms with E-state index in [-0.39, 0.29) is 11.7 Å². The topological polar surface area (TPSA) is 53.1 Å². The SMILES string of the molecule is C=CCN(CC(=O)N1CCN(c2ccc(C(C)=O)cc2F)CC1)Cc1ccc(OC)cc1. The van der Waals surface area contributed by atoms with Crippen molar-refractivity contribution in [3.63, 3.8) is 0 Å². The number of methoxy groups -OCH3 is 1. The maximum absolute atomic E-state index is 14.5. The molecule has 1 heterocycles. The van der Waals surface area contributed by atoms with Crippen LogP contribution in [0.5, 0.6) is 5.75 Å². The Bertz CT molecular complexity index is 953. The van der Waals surface area contributed by atoms with Gasteiger partial charge in [-0.05, 0) is 42.8 Å². The molecule has 0 atom stereocenters. The number of anilines is 1. The van der Waals surface area contributed by atoms with Crippen molar-refractivity contribution in [2.45, 2.75) is 13.5 Å². The van der Waals surface area contributed by atoms with Crippen LogP contribution in [0.1, 0.15) is 22.8 Å². The van der Waals surface area contributed by atoms with E-state index in [2.05, 4.69) is 6.58 Å². The molecule has 1 fully saturated rings. The molecule has 1 amide bonds. The van der Waals surface area contributed by atoms with E-state index < -0.39 is 5.82 Å². The lowest BCUT2D eigenvalue weighted by Crippen LogP contribution is -2.51. The lowest BCUT2D eigenvalue weighted by Gasteiger charge is -2.37. The number of Topliss-reactive ketones (excluding diaryl/α,β-unsaturated/α-hetero) is 1. The van der Waals surface area contributed by atoms with Crippen molar-refractivity contribution in [1.82, 2.24) is 9.80 Å². The molecule has 0 unspecified atom stereocenters. The van der Waals surface area contributed by atoms with Crippen molar-refractivity contribution >= 4 is 17.4 Å². The zero-order chi connectivity index (χ0) is 23.1. The molecule has 1 aliphatic heterocycles. The van der Waals surface area contributed by atoms with E-state index in [1.165, 1.54) is 13.0 Å². The van der Waals surface area contributed by atoms with Crippen LogP contribution in [0.15, 0.2) is 55.1 Å². The Labute approximate surface area is 188 Å². The summed E-state index contributed by atoms with van der Waals surface area (Å²) < 4.78 is 19.7. The first-order valence-corrected chi connectivity index (χ1v) is 10.7. The first kappa shape index (κ1) is 23.5. The third-order valence-corrected chi connectivity index (χ3v) is 5.64. The zero-order valence-electron chi connectivity index (χ0n) is 18.7. The van der Waals surface area contributed by atoms with Gasteiger partial charge in [0.2, 0.25) is 5.91 Å². The van der Waals surface area contributed by atoms with Gasteiger partial charge in [-0.3, -0.25) is 14.5 Å². The van der Waals surface area contributed by atoms with Crippen LogP contribution in [-0.2, 0) is 11.3 Å². The number of ether oxygens (including phenoxy) is 1. The predicted octanol–water partition coefficient (Wildman–Crippen LogP) is 3.37. The molecule has 6 nitrogen and oxygen atoms in total. The molecule has 1 aliphatic rings. The number of hydrogen-bond donors (Lipinski definition) is 0. The molecule has 0 N–H and O–H groups in total. The average molecular weight is 440 g/mol. The van der Waals surface area contributed by atoms with Crippen LogP contribution in [0.25, 0.3) is 0 Å². The lowest BCUT2D eigenvalue weighted by atomic mass is 10.1. The summed E-state index contributed by atoms with van der Waals surface area (Å²) in [6, 6.07) is 12.4. The molecule has 0 radical (unpaired) electrons. The molecule has 170 valence electrons. The number of benzene rings is 2. The monoisotopic (exact) mass is 439 g/mol. The summed E-state index contributed by atoms with van der Waals surface area (Å²) in [6.45, 7) is 8.89. The van der Waals surface area contributed by atoms with Gasteiger partial charge in [0.1, 0.15) is 11.6 Å². The Balaban J connectivity index is 1.56. The molecule has 0 aliphatic carbocycles. The molecular formula is C25H30FN3O3. The quantitative estimate of drug-likeness (QED) is 0.443. The van der Waals surface area contributed by atoms with Gasteiger partial charge >= 0.3 is 0 Å². The minimum Gasteiger partial charge on any atom is -0.497 e. The van der Waals surface area contributed by atoms with Gasteiger partial charge in [0, 0.05) is 44.8 Å². The molecule has 0 saturated carbocycles. The summed E-state index contributed by atoms with van der Waals surface area (Å²) >= 11 is 0. The Morgan fingerprint density at radius 1 is 1.12 bits per heavy atom. The van der Waals surface area contributed by atoms with Gasteiger partial charge < -0.3 is 14.5 Å². The molecule has 2 aromatic rings. The number of amides is 1. The fraction of sp³-hybridized carbons (Fsp3) is 0.360. The number of carbonyl (C=O) groups is 2. The number of ketones is 1.